The Morgan fingerprint density at radius 1 is 1.39 bits per heavy atom. The van der Waals surface area contributed by atoms with Crippen LogP contribution in [-0.2, 0) is 19.4 Å². The van der Waals surface area contributed by atoms with E-state index in [0.717, 1.165) is 6.26 Å². The summed E-state index contributed by atoms with van der Waals surface area (Å²) >= 11 is 0.591. The SMILES string of the molecule is CS(=O)(=O)c1nnc(C(=O)OC2(C(N)=O)CC2)s1. The minimum absolute atomic E-state index is 0.219. The molecule has 0 bridgehead atoms. The Balaban J connectivity index is 2.16. The molecule has 1 heterocycles. The molecule has 0 spiro atoms. The highest BCUT2D eigenvalue weighted by Gasteiger charge is 2.53. The summed E-state index contributed by atoms with van der Waals surface area (Å²) in [5.41, 5.74) is 3.83. The van der Waals surface area contributed by atoms with Gasteiger partial charge >= 0.3 is 5.97 Å². The van der Waals surface area contributed by atoms with Gasteiger partial charge < -0.3 is 10.5 Å². The number of hydrogen-bond donors (Lipinski definition) is 1. The molecule has 2 N–H and O–H groups in total. The Morgan fingerprint density at radius 3 is 2.39 bits per heavy atom. The van der Waals surface area contributed by atoms with E-state index in [2.05, 4.69) is 10.2 Å². The number of sulfone groups is 1. The number of aromatic nitrogens is 2. The molecular formula is C8H9N3O5S2. The summed E-state index contributed by atoms with van der Waals surface area (Å²) in [7, 11) is -3.51. The van der Waals surface area contributed by atoms with Crippen molar-refractivity contribution < 1.29 is 22.7 Å². The van der Waals surface area contributed by atoms with Crippen molar-refractivity contribution in [2.24, 2.45) is 5.73 Å². The van der Waals surface area contributed by atoms with Crippen molar-refractivity contribution in [2.45, 2.75) is 22.8 Å². The molecule has 0 aromatic carbocycles. The first-order valence-electron chi connectivity index (χ1n) is 4.81. The first-order valence-corrected chi connectivity index (χ1v) is 7.52. The van der Waals surface area contributed by atoms with E-state index in [1.807, 2.05) is 0 Å². The van der Waals surface area contributed by atoms with E-state index in [0.29, 0.717) is 24.2 Å². The predicted octanol–water partition coefficient (Wildman–Crippen LogP) is -0.884. The molecular weight excluding hydrogens is 282 g/mol. The van der Waals surface area contributed by atoms with Gasteiger partial charge in [0.25, 0.3) is 5.91 Å². The van der Waals surface area contributed by atoms with Crippen molar-refractivity contribution in [3.05, 3.63) is 5.01 Å². The molecule has 98 valence electrons. The third-order valence-corrected chi connectivity index (χ3v) is 4.91. The highest BCUT2D eigenvalue weighted by atomic mass is 32.2. The van der Waals surface area contributed by atoms with Crippen molar-refractivity contribution in [3.8, 4) is 0 Å². The number of ether oxygens (including phenoxy) is 1. The lowest BCUT2D eigenvalue weighted by atomic mass is 10.3. The number of primary amides is 1. The van der Waals surface area contributed by atoms with E-state index >= 15 is 0 Å². The number of amides is 1. The minimum atomic E-state index is -3.51. The Hall–Kier alpha value is -1.55. The third-order valence-electron chi connectivity index (χ3n) is 2.34. The zero-order valence-corrected chi connectivity index (χ0v) is 10.9. The predicted molar refractivity (Wildman–Crippen MR) is 59.6 cm³/mol. The molecule has 1 aromatic heterocycles. The van der Waals surface area contributed by atoms with Gasteiger partial charge in [-0.15, -0.1) is 10.2 Å². The van der Waals surface area contributed by atoms with E-state index in [4.69, 9.17) is 10.5 Å². The van der Waals surface area contributed by atoms with E-state index in [1.165, 1.54) is 0 Å². The van der Waals surface area contributed by atoms with Crippen LogP contribution in [0.2, 0.25) is 0 Å². The number of esters is 1. The molecule has 0 aliphatic heterocycles. The Labute approximate surface area is 106 Å². The molecule has 1 aromatic rings. The molecule has 1 saturated carbocycles. The van der Waals surface area contributed by atoms with Gasteiger partial charge in [0.15, 0.2) is 5.60 Å². The normalized spacial score (nSPS) is 17.2. The molecule has 1 aliphatic carbocycles. The standard InChI is InChI=1S/C8H9N3O5S2/c1-18(14,15)7-11-10-4(17-7)5(12)16-8(2-3-8)6(9)13/h2-3H2,1H3,(H2,9,13). The average Bonchev–Trinajstić information content (AvgIpc) is 2.85. The molecule has 0 radical (unpaired) electrons. The van der Waals surface area contributed by atoms with Crippen LogP contribution in [0.25, 0.3) is 0 Å². The molecule has 10 heteroatoms. The molecule has 0 saturated heterocycles. The molecule has 0 unspecified atom stereocenters. The van der Waals surface area contributed by atoms with Gasteiger partial charge in [-0.25, -0.2) is 13.2 Å². The van der Waals surface area contributed by atoms with Crippen LogP contribution in [-0.4, -0.2) is 42.3 Å². The smallest absolute Gasteiger partial charge is 0.370 e. The van der Waals surface area contributed by atoms with E-state index in [-0.39, 0.29) is 9.35 Å². The highest BCUT2D eigenvalue weighted by molar-refractivity contribution is 7.92. The number of carbonyl (C=O) groups excluding carboxylic acids is 2. The Kier molecular flexibility index (Phi) is 2.86. The van der Waals surface area contributed by atoms with Crippen molar-refractivity contribution in [3.63, 3.8) is 0 Å². The summed E-state index contributed by atoms with van der Waals surface area (Å²) in [4.78, 5) is 22.7. The quantitative estimate of drug-likeness (QED) is 0.712. The fraction of sp³-hybridized carbons (Fsp3) is 0.500. The maximum absolute atomic E-state index is 11.6. The fourth-order valence-corrected chi connectivity index (χ4v) is 2.66. The van der Waals surface area contributed by atoms with Crippen LogP contribution in [0.3, 0.4) is 0 Å². The van der Waals surface area contributed by atoms with Gasteiger partial charge in [-0.05, 0) is 0 Å². The van der Waals surface area contributed by atoms with Crippen LogP contribution in [0.15, 0.2) is 4.34 Å². The van der Waals surface area contributed by atoms with Crippen LogP contribution in [0.1, 0.15) is 22.6 Å². The zero-order chi connectivity index (χ0) is 13.6. The molecule has 1 fully saturated rings. The van der Waals surface area contributed by atoms with Gasteiger partial charge in [0, 0.05) is 19.1 Å². The molecule has 18 heavy (non-hydrogen) atoms. The second-order valence-corrected chi connectivity index (χ2v) is 7.06. The first-order chi connectivity index (χ1) is 8.24. The second-order valence-electron chi connectivity index (χ2n) is 3.89. The van der Waals surface area contributed by atoms with E-state index in [1.54, 1.807) is 0 Å². The lowest BCUT2D eigenvalue weighted by molar-refractivity contribution is -0.128. The van der Waals surface area contributed by atoms with Gasteiger partial charge in [0.1, 0.15) is 0 Å². The van der Waals surface area contributed by atoms with Crippen LogP contribution in [0, 0.1) is 0 Å². The van der Waals surface area contributed by atoms with Crippen LogP contribution < -0.4 is 5.73 Å². The van der Waals surface area contributed by atoms with Crippen LogP contribution >= 0.6 is 11.3 Å². The molecule has 0 atom stereocenters. The summed E-state index contributed by atoms with van der Waals surface area (Å²) in [6.45, 7) is 0. The number of hydrogen-bond acceptors (Lipinski definition) is 8. The number of nitrogens with two attached hydrogens (primary N) is 1. The van der Waals surface area contributed by atoms with E-state index < -0.39 is 27.3 Å². The molecule has 1 amide bonds. The zero-order valence-electron chi connectivity index (χ0n) is 9.24. The van der Waals surface area contributed by atoms with Gasteiger partial charge in [0.05, 0.1) is 0 Å². The molecule has 8 nitrogen and oxygen atoms in total. The fourth-order valence-electron chi connectivity index (χ4n) is 1.18. The summed E-state index contributed by atoms with van der Waals surface area (Å²) in [6.07, 6.45) is 1.69. The average molecular weight is 291 g/mol. The largest absolute Gasteiger partial charge is 0.444 e. The maximum atomic E-state index is 11.6. The Bertz CT molecular complexity index is 616. The van der Waals surface area contributed by atoms with Gasteiger partial charge in [-0.1, -0.05) is 11.3 Å². The van der Waals surface area contributed by atoms with Crippen molar-refractivity contribution in [1.82, 2.24) is 10.2 Å². The Morgan fingerprint density at radius 2 is 2.00 bits per heavy atom. The molecule has 1 aliphatic rings. The van der Waals surface area contributed by atoms with Crippen LogP contribution in [0.4, 0.5) is 0 Å². The topological polar surface area (TPSA) is 129 Å². The summed E-state index contributed by atoms with van der Waals surface area (Å²) in [5, 5.41) is 6.56. The monoisotopic (exact) mass is 291 g/mol. The summed E-state index contributed by atoms with van der Waals surface area (Å²) in [5.74, 6) is -1.61. The van der Waals surface area contributed by atoms with Crippen molar-refractivity contribution in [2.75, 3.05) is 6.26 Å². The van der Waals surface area contributed by atoms with Gasteiger partial charge in [0.2, 0.25) is 19.2 Å². The number of rotatable bonds is 4. The lowest BCUT2D eigenvalue weighted by Crippen LogP contribution is -2.35. The lowest BCUT2D eigenvalue weighted by Gasteiger charge is -2.10. The van der Waals surface area contributed by atoms with Gasteiger partial charge in [-0.2, -0.15) is 0 Å². The maximum Gasteiger partial charge on any atom is 0.370 e. The van der Waals surface area contributed by atoms with Crippen molar-refractivity contribution >= 4 is 33.1 Å². The first kappa shape index (κ1) is 12.9. The minimum Gasteiger partial charge on any atom is -0.444 e. The highest BCUT2D eigenvalue weighted by Crippen LogP contribution is 2.40. The summed E-state index contributed by atoms with van der Waals surface area (Å²) < 4.78 is 27.0. The second kappa shape index (κ2) is 3.99. The molecule has 2 rings (SSSR count). The summed E-state index contributed by atoms with van der Waals surface area (Å²) in [6, 6.07) is 0. The van der Waals surface area contributed by atoms with Crippen molar-refractivity contribution in [1.29, 1.82) is 0 Å². The van der Waals surface area contributed by atoms with E-state index in [9.17, 15) is 18.0 Å². The van der Waals surface area contributed by atoms with Gasteiger partial charge in [-0.3, -0.25) is 4.79 Å². The van der Waals surface area contributed by atoms with Crippen LogP contribution in [0.5, 0.6) is 0 Å². The number of nitrogens with zero attached hydrogens (tertiary/aromatic N) is 2. The third kappa shape index (κ3) is 2.34. The number of carbonyl (C=O) groups is 2.